The summed E-state index contributed by atoms with van der Waals surface area (Å²) in [7, 11) is 1.68. The first kappa shape index (κ1) is 11.0. The third-order valence-electron chi connectivity index (χ3n) is 3.82. The molecule has 2 nitrogen and oxygen atoms in total. The maximum atomic E-state index is 5.62. The van der Waals surface area contributed by atoms with Crippen LogP contribution >= 0.6 is 0 Å². The molecule has 0 spiro atoms. The molecule has 19 heavy (non-hydrogen) atoms. The highest BCUT2D eigenvalue weighted by Crippen LogP contribution is 2.35. The molecule has 0 aliphatic carbocycles. The normalized spacial score (nSPS) is 18.1. The second-order valence-corrected chi connectivity index (χ2v) is 4.98. The van der Waals surface area contributed by atoms with Crippen molar-refractivity contribution in [1.82, 2.24) is 0 Å². The molecule has 94 valence electrons. The summed E-state index contributed by atoms with van der Waals surface area (Å²) in [5, 5.41) is 5.04. The Morgan fingerprint density at radius 3 is 2.32 bits per heavy atom. The first-order valence-electron chi connectivity index (χ1n) is 6.45. The second kappa shape index (κ2) is 4.05. The van der Waals surface area contributed by atoms with E-state index >= 15 is 0 Å². The van der Waals surface area contributed by atoms with Crippen molar-refractivity contribution in [2.24, 2.45) is 0 Å². The van der Waals surface area contributed by atoms with Crippen molar-refractivity contribution in [3.63, 3.8) is 0 Å². The zero-order chi connectivity index (χ0) is 12.8. The number of ether oxygens (including phenoxy) is 2. The van der Waals surface area contributed by atoms with Crippen LogP contribution in [-0.4, -0.2) is 7.11 Å². The van der Waals surface area contributed by atoms with Crippen molar-refractivity contribution in [1.29, 1.82) is 0 Å². The summed E-state index contributed by atoms with van der Waals surface area (Å²) in [5.74, 6) is 0. The molecule has 1 atom stereocenters. The summed E-state index contributed by atoms with van der Waals surface area (Å²) >= 11 is 0. The molecule has 0 aromatic heterocycles. The topological polar surface area (TPSA) is 18.5 Å². The van der Waals surface area contributed by atoms with E-state index in [2.05, 4.69) is 48.5 Å². The van der Waals surface area contributed by atoms with Gasteiger partial charge in [0.05, 0.1) is 6.61 Å². The Hall–Kier alpha value is -1.90. The Kier molecular flexibility index (Phi) is 2.34. The van der Waals surface area contributed by atoms with Crippen LogP contribution in [-0.2, 0) is 16.1 Å². The molecular formula is C17H14O2. The van der Waals surface area contributed by atoms with Gasteiger partial charge < -0.3 is 9.47 Å². The lowest BCUT2D eigenvalue weighted by molar-refractivity contribution is -0.118. The summed E-state index contributed by atoms with van der Waals surface area (Å²) in [6.45, 7) is 0.636. The van der Waals surface area contributed by atoms with E-state index in [1.165, 1.54) is 27.1 Å². The van der Waals surface area contributed by atoms with E-state index < -0.39 is 0 Å². The van der Waals surface area contributed by atoms with Gasteiger partial charge in [-0.25, -0.2) is 0 Å². The van der Waals surface area contributed by atoms with Crippen LogP contribution in [0, 0.1) is 0 Å². The van der Waals surface area contributed by atoms with E-state index in [9.17, 15) is 0 Å². The molecule has 0 radical (unpaired) electrons. The van der Waals surface area contributed by atoms with Gasteiger partial charge in [0.1, 0.15) is 0 Å². The van der Waals surface area contributed by atoms with Crippen LogP contribution in [0.25, 0.3) is 21.5 Å². The minimum Gasteiger partial charge on any atom is -0.352 e. The quantitative estimate of drug-likeness (QED) is 0.603. The largest absolute Gasteiger partial charge is 0.352 e. The van der Waals surface area contributed by atoms with Crippen LogP contribution in [0.3, 0.4) is 0 Å². The van der Waals surface area contributed by atoms with Gasteiger partial charge in [-0.3, -0.25) is 0 Å². The highest BCUT2D eigenvalue weighted by atomic mass is 16.7. The van der Waals surface area contributed by atoms with Crippen LogP contribution in [0.2, 0.25) is 0 Å². The van der Waals surface area contributed by atoms with Gasteiger partial charge in [-0.15, -0.1) is 0 Å². The fourth-order valence-electron chi connectivity index (χ4n) is 2.85. The average molecular weight is 250 g/mol. The van der Waals surface area contributed by atoms with E-state index in [4.69, 9.17) is 9.47 Å². The maximum Gasteiger partial charge on any atom is 0.184 e. The molecule has 2 heteroatoms. The summed E-state index contributed by atoms with van der Waals surface area (Å²) in [6, 6.07) is 17.3. The lowest BCUT2D eigenvalue weighted by atomic mass is 9.99. The van der Waals surface area contributed by atoms with Gasteiger partial charge in [-0.2, -0.15) is 0 Å². The van der Waals surface area contributed by atoms with Crippen molar-refractivity contribution in [3.05, 3.63) is 59.7 Å². The van der Waals surface area contributed by atoms with E-state index in [-0.39, 0.29) is 6.29 Å². The maximum absolute atomic E-state index is 5.62. The molecule has 0 N–H and O–H groups in total. The molecule has 1 aliphatic heterocycles. The van der Waals surface area contributed by atoms with Gasteiger partial charge in [-0.05, 0) is 51.4 Å². The predicted octanol–water partition coefficient (Wildman–Crippen LogP) is 4.17. The Morgan fingerprint density at radius 2 is 1.63 bits per heavy atom. The van der Waals surface area contributed by atoms with Gasteiger partial charge in [0.25, 0.3) is 0 Å². The molecule has 0 saturated carbocycles. The number of hydrogen-bond acceptors (Lipinski definition) is 2. The van der Waals surface area contributed by atoms with E-state index in [1.807, 2.05) is 0 Å². The Bertz CT molecular complexity index is 777. The second-order valence-electron chi connectivity index (χ2n) is 4.98. The first-order chi connectivity index (χ1) is 9.35. The zero-order valence-electron chi connectivity index (χ0n) is 10.7. The molecule has 0 fully saturated rings. The minimum atomic E-state index is -0.217. The van der Waals surface area contributed by atoms with Crippen molar-refractivity contribution in [2.45, 2.75) is 12.9 Å². The SMILES string of the molecule is COC1OCc2cc3cc4ccccc4cc3cc21. The fourth-order valence-corrected chi connectivity index (χ4v) is 2.85. The summed E-state index contributed by atoms with van der Waals surface area (Å²) in [4.78, 5) is 0. The Labute approximate surface area is 111 Å². The Morgan fingerprint density at radius 1 is 0.947 bits per heavy atom. The van der Waals surface area contributed by atoms with Crippen LogP contribution in [0.1, 0.15) is 17.4 Å². The van der Waals surface area contributed by atoms with Crippen LogP contribution in [0.5, 0.6) is 0 Å². The van der Waals surface area contributed by atoms with Crippen LogP contribution in [0.4, 0.5) is 0 Å². The molecule has 1 heterocycles. The van der Waals surface area contributed by atoms with Crippen molar-refractivity contribution >= 4 is 21.5 Å². The van der Waals surface area contributed by atoms with Gasteiger partial charge in [-0.1, -0.05) is 24.3 Å². The van der Waals surface area contributed by atoms with Crippen molar-refractivity contribution < 1.29 is 9.47 Å². The van der Waals surface area contributed by atoms with Crippen LogP contribution in [0.15, 0.2) is 48.5 Å². The van der Waals surface area contributed by atoms with Gasteiger partial charge >= 0.3 is 0 Å². The van der Waals surface area contributed by atoms with Crippen LogP contribution < -0.4 is 0 Å². The number of methoxy groups -OCH3 is 1. The fraction of sp³-hybridized carbons (Fsp3) is 0.176. The minimum absolute atomic E-state index is 0.217. The Balaban J connectivity index is 2.02. The molecule has 3 aromatic carbocycles. The first-order valence-corrected chi connectivity index (χ1v) is 6.45. The molecule has 3 aromatic rings. The molecule has 0 bridgehead atoms. The predicted molar refractivity (Wildman–Crippen MR) is 76.0 cm³/mol. The lowest BCUT2D eigenvalue weighted by Crippen LogP contribution is -1.97. The van der Waals surface area contributed by atoms with Gasteiger partial charge in [0.2, 0.25) is 0 Å². The molecule has 1 unspecified atom stereocenters. The highest BCUT2D eigenvalue weighted by molar-refractivity contribution is 5.98. The summed E-state index contributed by atoms with van der Waals surface area (Å²) < 4.78 is 11.0. The van der Waals surface area contributed by atoms with Gasteiger partial charge in [0.15, 0.2) is 6.29 Å². The number of rotatable bonds is 1. The smallest absolute Gasteiger partial charge is 0.184 e. The third kappa shape index (κ3) is 1.65. The molecular weight excluding hydrogens is 236 g/mol. The average Bonchev–Trinajstić information content (AvgIpc) is 2.84. The number of benzene rings is 3. The monoisotopic (exact) mass is 250 g/mol. The highest BCUT2D eigenvalue weighted by Gasteiger charge is 2.23. The number of fused-ring (bicyclic) bond motifs is 3. The molecule has 0 saturated heterocycles. The third-order valence-corrected chi connectivity index (χ3v) is 3.82. The van der Waals surface area contributed by atoms with E-state index in [0.29, 0.717) is 6.61 Å². The summed E-state index contributed by atoms with van der Waals surface area (Å²) in [5.41, 5.74) is 2.39. The van der Waals surface area contributed by atoms with E-state index in [1.54, 1.807) is 7.11 Å². The lowest BCUT2D eigenvalue weighted by Gasteiger charge is -2.09. The number of hydrogen-bond donors (Lipinski definition) is 0. The molecule has 0 amide bonds. The molecule has 1 aliphatic rings. The van der Waals surface area contributed by atoms with E-state index in [0.717, 1.165) is 5.56 Å². The zero-order valence-corrected chi connectivity index (χ0v) is 10.7. The molecule has 4 rings (SSSR count). The van der Waals surface area contributed by atoms with Gasteiger partial charge in [0, 0.05) is 12.7 Å². The standard InChI is InChI=1S/C17H14O2/c1-18-17-16-9-14-7-12-5-3-2-4-11(12)6-13(14)8-15(16)10-19-17/h2-9,17H,10H2,1H3. The van der Waals surface area contributed by atoms with Crippen molar-refractivity contribution in [2.75, 3.05) is 7.11 Å². The summed E-state index contributed by atoms with van der Waals surface area (Å²) in [6.07, 6.45) is -0.217. The van der Waals surface area contributed by atoms with Crippen molar-refractivity contribution in [3.8, 4) is 0 Å².